The highest BCUT2D eigenvalue weighted by Crippen LogP contribution is 2.25. The van der Waals surface area contributed by atoms with Gasteiger partial charge in [0.1, 0.15) is 11.6 Å². The Morgan fingerprint density at radius 3 is 2.57 bits per heavy atom. The van der Waals surface area contributed by atoms with Gasteiger partial charge in [-0.05, 0) is 11.5 Å². The van der Waals surface area contributed by atoms with Crippen LogP contribution in [0.25, 0.3) is 0 Å². The first-order valence-corrected chi connectivity index (χ1v) is 8.01. The zero-order chi connectivity index (χ0) is 16.8. The summed E-state index contributed by atoms with van der Waals surface area (Å²) in [6.07, 6.45) is -0.556. The quantitative estimate of drug-likeness (QED) is 0.844. The van der Waals surface area contributed by atoms with Crippen molar-refractivity contribution in [1.82, 2.24) is 10.3 Å². The molecule has 2 aromatic rings. The standard InChI is InChI=1S/C16H18N2O4S/c1-10(2)13(14-17-12(9-23-14)15(19)20)18-16(21)22-8-11-6-4-3-5-7-11/h3-7,9-10,13H,8H2,1-2H3,(H,18,21)(H,19,20)/t13-/m1/s1. The Morgan fingerprint density at radius 2 is 2.00 bits per heavy atom. The first-order chi connectivity index (χ1) is 11.0. The molecule has 0 aliphatic heterocycles. The summed E-state index contributed by atoms with van der Waals surface area (Å²) in [6.45, 7) is 4.02. The molecule has 6 nitrogen and oxygen atoms in total. The van der Waals surface area contributed by atoms with E-state index in [9.17, 15) is 9.59 Å². The van der Waals surface area contributed by atoms with Crippen LogP contribution in [0.3, 0.4) is 0 Å². The van der Waals surface area contributed by atoms with E-state index in [1.165, 1.54) is 16.7 Å². The summed E-state index contributed by atoms with van der Waals surface area (Å²) < 4.78 is 5.19. The van der Waals surface area contributed by atoms with E-state index in [1.54, 1.807) is 0 Å². The molecule has 7 heteroatoms. The van der Waals surface area contributed by atoms with Gasteiger partial charge in [-0.15, -0.1) is 11.3 Å². The molecule has 0 fully saturated rings. The van der Waals surface area contributed by atoms with Gasteiger partial charge in [-0.1, -0.05) is 44.2 Å². The first kappa shape index (κ1) is 17.0. The van der Waals surface area contributed by atoms with E-state index in [0.717, 1.165) is 5.56 Å². The molecular formula is C16H18N2O4S. The smallest absolute Gasteiger partial charge is 0.408 e. The monoisotopic (exact) mass is 334 g/mol. The van der Waals surface area contributed by atoms with Crippen LogP contribution >= 0.6 is 11.3 Å². The molecule has 0 bridgehead atoms. The van der Waals surface area contributed by atoms with Crippen molar-refractivity contribution in [2.75, 3.05) is 0 Å². The van der Waals surface area contributed by atoms with Gasteiger partial charge in [0.05, 0.1) is 6.04 Å². The molecule has 122 valence electrons. The number of benzene rings is 1. The molecule has 1 atom stereocenters. The number of nitrogens with one attached hydrogen (secondary N) is 1. The Kier molecular flexibility index (Phi) is 5.70. The molecule has 0 aliphatic rings. The molecule has 2 rings (SSSR count). The number of carbonyl (C=O) groups excluding carboxylic acids is 1. The van der Waals surface area contributed by atoms with Crippen LogP contribution in [0.1, 0.15) is 40.9 Å². The van der Waals surface area contributed by atoms with Crippen molar-refractivity contribution in [1.29, 1.82) is 0 Å². The highest BCUT2D eigenvalue weighted by molar-refractivity contribution is 7.09. The van der Waals surface area contributed by atoms with Crippen molar-refractivity contribution in [3.8, 4) is 0 Å². The van der Waals surface area contributed by atoms with E-state index < -0.39 is 18.1 Å². The van der Waals surface area contributed by atoms with Gasteiger partial charge in [-0.2, -0.15) is 0 Å². The average molecular weight is 334 g/mol. The number of carboxylic acids is 1. The second-order valence-electron chi connectivity index (χ2n) is 5.30. The van der Waals surface area contributed by atoms with Gasteiger partial charge >= 0.3 is 12.1 Å². The molecule has 0 saturated carbocycles. The van der Waals surface area contributed by atoms with Crippen LogP contribution in [-0.4, -0.2) is 22.2 Å². The largest absolute Gasteiger partial charge is 0.476 e. The Labute approximate surface area is 138 Å². The number of alkyl carbamates (subject to hydrolysis) is 1. The number of carbonyl (C=O) groups is 2. The number of thiazole rings is 1. The van der Waals surface area contributed by atoms with Crippen LogP contribution in [0.5, 0.6) is 0 Å². The molecule has 0 radical (unpaired) electrons. The van der Waals surface area contributed by atoms with E-state index >= 15 is 0 Å². The number of rotatable bonds is 6. The first-order valence-electron chi connectivity index (χ1n) is 7.13. The van der Waals surface area contributed by atoms with E-state index in [0.29, 0.717) is 5.01 Å². The van der Waals surface area contributed by atoms with Crippen LogP contribution in [-0.2, 0) is 11.3 Å². The number of hydrogen-bond acceptors (Lipinski definition) is 5. The number of ether oxygens (including phenoxy) is 1. The molecule has 1 aromatic heterocycles. The fraction of sp³-hybridized carbons (Fsp3) is 0.312. The van der Waals surface area contributed by atoms with E-state index in [1.807, 2.05) is 44.2 Å². The molecule has 23 heavy (non-hydrogen) atoms. The summed E-state index contributed by atoms with van der Waals surface area (Å²) >= 11 is 1.21. The second-order valence-corrected chi connectivity index (χ2v) is 6.19. The molecular weight excluding hydrogens is 316 g/mol. The predicted molar refractivity (Wildman–Crippen MR) is 86.4 cm³/mol. The fourth-order valence-electron chi connectivity index (χ4n) is 1.93. The Hall–Kier alpha value is -2.41. The van der Waals surface area contributed by atoms with Gasteiger partial charge in [0.25, 0.3) is 0 Å². The lowest BCUT2D eigenvalue weighted by Gasteiger charge is -2.19. The van der Waals surface area contributed by atoms with Gasteiger partial charge in [-0.25, -0.2) is 14.6 Å². The minimum absolute atomic E-state index is 0.0184. The summed E-state index contributed by atoms with van der Waals surface area (Å²) in [5.74, 6) is -1.03. The molecule has 0 saturated heterocycles. The lowest BCUT2D eigenvalue weighted by atomic mass is 10.1. The molecule has 0 unspecified atom stereocenters. The Morgan fingerprint density at radius 1 is 1.30 bits per heavy atom. The van der Waals surface area contributed by atoms with Crippen molar-refractivity contribution < 1.29 is 19.4 Å². The predicted octanol–water partition coefficient (Wildman–Crippen LogP) is 3.46. The van der Waals surface area contributed by atoms with Crippen LogP contribution in [0.15, 0.2) is 35.7 Å². The topological polar surface area (TPSA) is 88.5 Å². The lowest BCUT2D eigenvalue weighted by molar-refractivity contribution is 0.0691. The highest BCUT2D eigenvalue weighted by atomic mass is 32.1. The maximum Gasteiger partial charge on any atom is 0.408 e. The van der Waals surface area contributed by atoms with Crippen molar-refractivity contribution in [3.05, 3.63) is 52.0 Å². The number of nitrogens with zero attached hydrogens (tertiary/aromatic N) is 1. The summed E-state index contributed by atoms with van der Waals surface area (Å²) in [5, 5.41) is 13.7. The lowest BCUT2D eigenvalue weighted by Crippen LogP contribution is -2.32. The van der Waals surface area contributed by atoms with Crippen molar-refractivity contribution in [2.45, 2.75) is 26.5 Å². The Balaban J connectivity index is 1.98. The normalized spacial score (nSPS) is 12.0. The average Bonchev–Trinajstić information content (AvgIpc) is 3.01. The van der Waals surface area contributed by atoms with E-state index in [2.05, 4.69) is 10.3 Å². The van der Waals surface area contributed by atoms with Gasteiger partial charge in [0.2, 0.25) is 0 Å². The SMILES string of the molecule is CC(C)[C@@H](NC(=O)OCc1ccccc1)c1nc(C(=O)O)cs1. The third-order valence-electron chi connectivity index (χ3n) is 3.16. The maximum atomic E-state index is 12.0. The Bertz CT molecular complexity index is 670. The van der Waals surface area contributed by atoms with Crippen molar-refractivity contribution >= 4 is 23.4 Å². The van der Waals surface area contributed by atoms with E-state index in [-0.39, 0.29) is 18.2 Å². The van der Waals surface area contributed by atoms with Crippen molar-refractivity contribution in [3.63, 3.8) is 0 Å². The number of aromatic nitrogens is 1. The van der Waals surface area contributed by atoms with Gasteiger partial charge in [-0.3, -0.25) is 0 Å². The maximum absolute atomic E-state index is 12.0. The minimum Gasteiger partial charge on any atom is -0.476 e. The number of amides is 1. The zero-order valence-electron chi connectivity index (χ0n) is 12.9. The van der Waals surface area contributed by atoms with Gasteiger partial charge in [0, 0.05) is 5.38 Å². The summed E-state index contributed by atoms with van der Waals surface area (Å²) in [4.78, 5) is 26.9. The number of aromatic carboxylic acids is 1. The summed E-state index contributed by atoms with van der Waals surface area (Å²) in [5.41, 5.74) is 0.876. The third kappa shape index (κ3) is 4.79. The second kappa shape index (κ2) is 7.73. The molecule has 2 N–H and O–H groups in total. The third-order valence-corrected chi connectivity index (χ3v) is 4.09. The fourth-order valence-corrected chi connectivity index (χ4v) is 2.95. The van der Waals surface area contributed by atoms with Crippen LogP contribution in [0, 0.1) is 5.92 Å². The van der Waals surface area contributed by atoms with Crippen LogP contribution < -0.4 is 5.32 Å². The molecule has 0 spiro atoms. The van der Waals surface area contributed by atoms with Crippen LogP contribution in [0.2, 0.25) is 0 Å². The number of hydrogen-bond donors (Lipinski definition) is 2. The molecule has 1 heterocycles. The molecule has 1 aromatic carbocycles. The summed E-state index contributed by atoms with van der Waals surface area (Å²) in [7, 11) is 0. The van der Waals surface area contributed by atoms with Crippen LogP contribution in [0.4, 0.5) is 4.79 Å². The summed E-state index contributed by atoms with van der Waals surface area (Å²) in [6, 6.07) is 8.98. The zero-order valence-corrected chi connectivity index (χ0v) is 13.7. The van der Waals surface area contributed by atoms with Gasteiger partial charge in [0.15, 0.2) is 5.69 Å². The molecule has 0 aliphatic carbocycles. The minimum atomic E-state index is -1.08. The van der Waals surface area contributed by atoms with E-state index in [4.69, 9.17) is 9.84 Å². The van der Waals surface area contributed by atoms with Gasteiger partial charge < -0.3 is 15.2 Å². The highest BCUT2D eigenvalue weighted by Gasteiger charge is 2.23. The number of carboxylic acid groups (broad SMARTS) is 1. The van der Waals surface area contributed by atoms with Crippen molar-refractivity contribution in [2.24, 2.45) is 5.92 Å². The molecule has 1 amide bonds.